The van der Waals surface area contributed by atoms with Crippen molar-refractivity contribution in [3.05, 3.63) is 27.9 Å². The van der Waals surface area contributed by atoms with Crippen LogP contribution >= 0.6 is 0 Å². The van der Waals surface area contributed by atoms with Gasteiger partial charge in [-0.25, -0.2) is 18.1 Å². The first-order chi connectivity index (χ1) is 7.31. The van der Waals surface area contributed by atoms with Crippen molar-refractivity contribution < 1.29 is 8.42 Å². The van der Waals surface area contributed by atoms with Gasteiger partial charge in [0, 0.05) is 24.3 Å². The predicted octanol–water partition coefficient (Wildman–Crippen LogP) is -0.591. The zero-order valence-corrected chi connectivity index (χ0v) is 10.3. The van der Waals surface area contributed by atoms with Crippen LogP contribution in [0.15, 0.2) is 11.1 Å². The van der Waals surface area contributed by atoms with Crippen molar-refractivity contribution in [3.63, 3.8) is 0 Å². The molecule has 16 heavy (non-hydrogen) atoms. The minimum atomic E-state index is -3.21. The molecular formula is C9H15N3O3S. The second-order valence-electron chi connectivity index (χ2n) is 3.62. The Morgan fingerprint density at radius 2 is 2.06 bits per heavy atom. The second kappa shape index (κ2) is 4.75. The standard InChI is InChI=1S/C9H15N3O3S/c1-7-8(2)10-6-12(9(7)13)5-4-11-16(3,14)15/h6,11H,4-5H2,1-3H3. The summed E-state index contributed by atoms with van der Waals surface area (Å²) in [5.74, 6) is 0. The largest absolute Gasteiger partial charge is 0.298 e. The van der Waals surface area contributed by atoms with Crippen LogP contribution in [0.4, 0.5) is 0 Å². The number of aromatic nitrogens is 2. The van der Waals surface area contributed by atoms with Gasteiger partial charge >= 0.3 is 0 Å². The molecule has 90 valence electrons. The fourth-order valence-corrected chi connectivity index (χ4v) is 1.65. The maximum Gasteiger partial charge on any atom is 0.256 e. The van der Waals surface area contributed by atoms with Crippen LogP contribution in [0.3, 0.4) is 0 Å². The lowest BCUT2D eigenvalue weighted by molar-refractivity contribution is 0.573. The quantitative estimate of drug-likeness (QED) is 0.768. The number of aryl methyl sites for hydroxylation is 1. The Kier molecular flexibility index (Phi) is 3.82. The fraction of sp³-hybridized carbons (Fsp3) is 0.556. The molecule has 0 aromatic carbocycles. The summed E-state index contributed by atoms with van der Waals surface area (Å²) in [7, 11) is -3.21. The van der Waals surface area contributed by atoms with Gasteiger partial charge in [0.05, 0.1) is 12.6 Å². The zero-order chi connectivity index (χ0) is 12.3. The molecule has 0 aliphatic rings. The third-order valence-corrected chi connectivity index (χ3v) is 2.96. The molecule has 0 spiro atoms. The minimum absolute atomic E-state index is 0.136. The Morgan fingerprint density at radius 3 is 2.62 bits per heavy atom. The van der Waals surface area contributed by atoms with Gasteiger partial charge in [-0.15, -0.1) is 0 Å². The van der Waals surface area contributed by atoms with Crippen molar-refractivity contribution in [3.8, 4) is 0 Å². The molecule has 0 aliphatic carbocycles. The van der Waals surface area contributed by atoms with Crippen molar-refractivity contribution >= 4 is 10.0 Å². The molecule has 1 heterocycles. The van der Waals surface area contributed by atoms with Crippen LogP contribution in [0.2, 0.25) is 0 Å². The molecule has 0 aliphatic heterocycles. The molecular weight excluding hydrogens is 230 g/mol. The van der Waals surface area contributed by atoms with E-state index in [1.165, 1.54) is 10.9 Å². The molecule has 0 unspecified atom stereocenters. The number of nitrogens with zero attached hydrogens (tertiary/aromatic N) is 2. The molecule has 0 atom stereocenters. The lowest BCUT2D eigenvalue weighted by Crippen LogP contribution is -2.31. The highest BCUT2D eigenvalue weighted by atomic mass is 32.2. The number of nitrogens with one attached hydrogen (secondary N) is 1. The second-order valence-corrected chi connectivity index (χ2v) is 5.45. The summed E-state index contributed by atoms with van der Waals surface area (Å²) in [5, 5.41) is 0. The third kappa shape index (κ3) is 3.42. The molecule has 0 fully saturated rings. The molecule has 0 saturated carbocycles. The van der Waals surface area contributed by atoms with E-state index < -0.39 is 10.0 Å². The van der Waals surface area contributed by atoms with E-state index in [1.807, 2.05) is 0 Å². The summed E-state index contributed by atoms with van der Waals surface area (Å²) in [6.45, 7) is 3.92. The first kappa shape index (κ1) is 12.9. The van der Waals surface area contributed by atoms with Gasteiger partial charge in [-0.2, -0.15) is 0 Å². The van der Waals surface area contributed by atoms with E-state index in [4.69, 9.17) is 0 Å². The third-order valence-electron chi connectivity index (χ3n) is 2.23. The monoisotopic (exact) mass is 245 g/mol. The van der Waals surface area contributed by atoms with Gasteiger partial charge in [-0.05, 0) is 13.8 Å². The highest BCUT2D eigenvalue weighted by Crippen LogP contribution is 1.94. The average molecular weight is 245 g/mol. The van der Waals surface area contributed by atoms with Gasteiger partial charge in [-0.1, -0.05) is 0 Å². The van der Waals surface area contributed by atoms with Gasteiger partial charge in [0.15, 0.2) is 0 Å². The van der Waals surface area contributed by atoms with Crippen LogP contribution in [-0.4, -0.2) is 30.8 Å². The normalized spacial score (nSPS) is 11.7. The SMILES string of the molecule is Cc1ncn(CCNS(C)(=O)=O)c(=O)c1C. The maximum atomic E-state index is 11.7. The van der Waals surface area contributed by atoms with Crippen molar-refractivity contribution in [2.75, 3.05) is 12.8 Å². The maximum absolute atomic E-state index is 11.7. The highest BCUT2D eigenvalue weighted by Gasteiger charge is 2.04. The first-order valence-electron chi connectivity index (χ1n) is 4.78. The molecule has 6 nitrogen and oxygen atoms in total. The van der Waals surface area contributed by atoms with E-state index in [1.54, 1.807) is 13.8 Å². The van der Waals surface area contributed by atoms with Crippen LogP contribution in [0.5, 0.6) is 0 Å². The topological polar surface area (TPSA) is 81.1 Å². The van der Waals surface area contributed by atoms with Crippen LogP contribution in [-0.2, 0) is 16.6 Å². The first-order valence-corrected chi connectivity index (χ1v) is 6.67. The summed E-state index contributed by atoms with van der Waals surface area (Å²) >= 11 is 0. The Bertz CT molecular complexity index is 533. The van der Waals surface area contributed by atoms with Crippen LogP contribution in [0, 0.1) is 13.8 Å². The Morgan fingerprint density at radius 1 is 1.44 bits per heavy atom. The van der Waals surface area contributed by atoms with Gasteiger partial charge in [0.2, 0.25) is 10.0 Å². The van der Waals surface area contributed by atoms with Crippen molar-refractivity contribution in [1.82, 2.24) is 14.3 Å². The van der Waals surface area contributed by atoms with E-state index >= 15 is 0 Å². The Labute approximate surface area is 94.4 Å². The minimum Gasteiger partial charge on any atom is -0.298 e. The van der Waals surface area contributed by atoms with Crippen molar-refractivity contribution in [2.24, 2.45) is 0 Å². The molecule has 1 N–H and O–H groups in total. The van der Waals surface area contributed by atoms with Crippen molar-refractivity contribution in [1.29, 1.82) is 0 Å². The number of rotatable bonds is 4. The molecule has 1 aromatic rings. The van der Waals surface area contributed by atoms with E-state index in [9.17, 15) is 13.2 Å². The smallest absolute Gasteiger partial charge is 0.256 e. The van der Waals surface area contributed by atoms with Gasteiger partial charge in [-0.3, -0.25) is 9.36 Å². The van der Waals surface area contributed by atoms with Gasteiger partial charge < -0.3 is 0 Å². The van der Waals surface area contributed by atoms with Crippen LogP contribution in [0.1, 0.15) is 11.3 Å². The summed E-state index contributed by atoms with van der Waals surface area (Å²) in [4.78, 5) is 15.7. The molecule has 1 rings (SSSR count). The number of sulfonamides is 1. The van der Waals surface area contributed by atoms with E-state index in [2.05, 4.69) is 9.71 Å². The van der Waals surface area contributed by atoms with E-state index in [0.29, 0.717) is 11.3 Å². The average Bonchev–Trinajstić information content (AvgIpc) is 2.16. The molecule has 0 amide bonds. The Balaban J connectivity index is 2.77. The lowest BCUT2D eigenvalue weighted by Gasteiger charge is -2.07. The van der Waals surface area contributed by atoms with Crippen molar-refractivity contribution in [2.45, 2.75) is 20.4 Å². The zero-order valence-electron chi connectivity index (χ0n) is 9.52. The summed E-state index contributed by atoms with van der Waals surface area (Å²) in [6.07, 6.45) is 2.50. The summed E-state index contributed by atoms with van der Waals surface area (Å²) in [5.41, 5.74) is 1.14. The summed E-state index contributed by atoms with van der Waals surface area (Å²) < 4.78 is 25.3. The Hall–Kier alpha value is -1.21. The molecule has 0 radical (unpaired) electrons. The lowest BCUT2D eigenvalue weighted by atomic mass is 10.3. The molecule has 7 heteroatoms. The fourth-order valence-electron chi connectivity index (χ4n) is 1.19. The molecule has 0 bridgehead atoms. The van der Waals surface area contributed by atoms with E-state index in [-0.39, 0.29) is 18.6 Å². The molecule has 0 saturated heterocycles. The van der Waals surface area contributed by atoms with Crippen LogP contribution in [0.25, 0.3) is 0 Å². The predicted molar refractivity (Wildman–Crippen MR) is 60.8 cm³/mol. The molecule has 1 aromatic heterocycles. The van der Waals surface area contributed by atoms with Gasteiger partial charge in [0.25, 0.3) is 5.56 Å². The van der Waals surface area contributed by atoms with Gasteiger partial charge in [0.1, 0.15) is 0 Å². The number of hydrogen-bond donors (Lipinski definition) is 1. The van der Waals surface area contributed by atoms with Crippen LogP contribution < -0.4 is 10.3 Å². The summed E-state index contributed by atoms with van der Waals surface area (Å²) in [6, 6.07) is 0. The number of hydrogen-bond acceptors (Lipinski definition) is 4. The van der Waals surface area contributed by atoms with E-state index in [0.717, 1.165) is 6.26 Å². The highest BCUT2D eigenvalue weighted by molar-refractivity contribution is 7.88.